The molecule has 2 aliphatic heterocycles. The summed E-state index contributed by atoms with van der Waals surface area (Å²) in [7, 11) is 0. The molecular weight excluding hydrogens is 418 g/mol. The van der Waals surface area contributed by atoms with E-state index in [1.807, 2.05) is 61.5 Å². The summed E-state index contributed by atoms with van der Waals surface area (Å²) >= 11 is 0. The maximum Gasteiger partial charge on any atom is 0.267 e. The Morgan fingerprint density at radius 1 is 1.03 bits per heavy atom. The summed E-state index contributed by atoms with van der Waals surface area (Å²) in [5.41, 5.74) is 2.86. The molecule has 2 heterocycles. The van der Waals surface area contributed by atoms with Crippen molar-refractivity contribution in [2.75, 3.05) is 30.0 Å². The first-order valence-electron chi connectivity index (χ1n) is 11.3. The first-order valence-corrected chi connectivity index (χ1v) is 11.3. The average molecular weight is 448 g/mol. The predicted molar refractivity (Wildman–Crippen MR) is 128 cm³/mol. The van der Waals surface area contributed by atoms with E-state index in [4.69, 9.17) is 0 Å². The Morgan fingerprint density at radius 2 is 1.79 bits per heavy atom. The van der Waals surface area contributed by atoms with Crippen LogP contribution in [0, 0.1) is 6.92 Å². The standard InChI is InChI=1S/C25H29N5O3/c1-18-6-5-9-21(16-18)30-24(32)11-10-22(28-30)25(33)27-20-12-14-29(15-13-20)17-23(31)26-19-7-3-2-4-8-19/h2-9,16,20H,10-15,17H2,1H3,(H,26,31)(H,27,33). The van der Waals surface area contributed by atoms with Crippen LogP contribution in [-0.2, 0) is 14.4 Å². The topological polar surface area (TPSA) is 94.1 Å². The van der Waals surface area contributed by atoms with Gasteiger partial charge >= 0.3 is 0 Å². The zero-order valence-electron chi connectivity index (χ0n) is 18.8. The molecule has 0 aliphatic carbocycles. The number of piperidine rings is 1. The number of carbonyl (C=O) groups is 3. The van der Waals surface area contributed by atoms with Gasteiger partial charge in [0.2, 0.25) is 11.8 Å². The van der Waals surface area contributed by atoms with Crippen LogP contribution in [-0.4, -0.2) is 54.0 Å². The zero-order chi connectivity index (χ0) is 23.2. The Morgan fingerprint density at radius 3 is 2.52 bits per heavy atom. The van der Waals surface area contributed by atoms with Crippen molar-refractivity contribution in [1.29, 1.82) is 0 Å². The fraction of sp³-hybridized carbons (Fsp3) is 0.360. The summed E-state index contributed by atoms with van der Waals surface area (Å²) in [5.74, 6) is -0.374. The number of aryl methyl sites for hydroxylation is 1. The van der Waals surface area contributed by atoms with Crippen LogP contribution in [0.1, 0.15) is 31.2 Å². The van der Waals surface area contributed by atoms with E-state index in [9.17, 15) is 14.4 Å². The van der Waals surface area contributed by atoms with Gasteiger partial charge in [0.25, 0.3) is 5.91 Å². The van der Waals surface area contributed by atoms with Crippen LogP contribution in [0.5, 0.6) is 0 Å². The molecule has 1 saturated heterocycles. The normalized spacial score (nSPS) is 17.4. The fourth-order valence-corrected chi connectivity index (χ4v) is 4.11. The molecule has 2 aromatic rings. The van der Waals surface area contributed by atoms with Crippen LogP contribution in [0.15, 0.2) is 59.7 Å². The minimum Gasteiger partial charge on any atom is -0.348 e. The second-order valence-corrected chi connectivity index (χ2v) is 8.53. The molecule has 4 rings (SSSR count). The quantitative estimate of drug-likeness (QED) is 0.712. The number of hydrazone groups is 1. The molecule has 0 bridgehead atoms. The largest absolute Gasteiger partial charge is 0.348 e. The lowest BCUT2D eigenvalue weighted by Gasteiger charge is -2.32. The van der Waals surface area contributed by atoms with E-state index < -0.39 is 0 Å². The van der Waals surface area contributed by atoms with E-state index in [1.54, 1.807) is 0 Å². The smallest absolute Gasteiger partial charge is 0.267 e. The third kappa shape index (κ3) is 6.04. The second kappa shape index (κ2) is 10.4. The molecule has 0 atom stereocenters. The molecule has 1 fully saturated rings. The van der Waals surface area contributed by atoms with Crippen LogP contribution in [0.2, 0.25) is 0 Å². The van der Waals surface area contributed by atoms with E-state index in [0.717, 1.165) is 37.2 Å². The number of benzene rings is 2. The predicted octanol–water partition coefficient (Wildman–Crippen LogP) is 2.70. The highest BCUT2D eigenvalue weighted by Crippen LogP contribution is 2.21. The number of rotatable bonds is 6. The minimum absolute atomic E-state index is 0.0266. The van der Waals surface area contributed by atoms with Crippen molar-refractivity contribution in [1.82, 2.24) is 10.2 Å². The van der Waals surface area contributed by atoms with E-state index in [2.05, 4.69) is 20.6 Å². The molecular formula is C25H29N5O3. The van der Waals surface area contributed by atoms with Gasteiger partial charge in [-0.3, -0.25) is 19.3 Å². The number of likely N-dealkylation sites (tertiary alicyclic amines) is 1. The highest BCUT2D eigenvalue weighted by Gasteiger charge is 2.28. The Balaban J connectivity index is 1.27. The van der Waals surface area contributed by atoms with Gasteiger partial charge in [-0.15, -0.1) is 0 Å². The number of amides is 3. The third-order valence-electron chi connectivity index (χ3n) is 5.89. The summed E-state index contributed by atoms with van der Waals surface area (Å²) in [4.78, 5) is 39.5. The Labute approximate surface area is 193 Å². The first kappa shape index (κ1) is 22.7. The van der Waals surface area contributed by atoms with Crippen molar-refractivity contribution in [3.8, 4) is 0 Å². The molecule has 0 unspecified atom stereocenters. The summed E-state index contributed by atoms with van der Waals surface area (Å²) in [5, 5.41) is 11.7. The van der Waals surface area contributed by atoms with E-state index in [0.29, 0.717) is 24.4 Å². The van der Waals surface area contributed by atoms with Gasteiger partial charge in [-0.25, -0.2) is 5.01 Å². The fourth-order valence-electron chi connectivity index (χ4n) is 4.11. The van der Waals surface area contributed by atoms with Crippen molar-refractivity contribution in [3.63, 3.8) is 0 Å². The lowest BCUT2D eigenvalue weighted by molar-refractivity contribution is -0.119. The van der Waals surface area contributed by atoms with Gasteiger partial charge in [-0.2, -0.15) is 5.10 Å². The van der Waals surface area contributed by atoms with Crippen molar-refractivity contribution in [2.45, 2.75) is 38.6 Å². The zero-order valence-corrected chi connectivity index (χ0v) is 18.8. The SMILES string of the molecule is Cc1cccc(N2N=C(C(=O)NC3CCN(CC(=O)Nc4ccccc4)CC3)CCC2=O)c1. The number of carbonyl (C=O) groups excluding carboxylic acids is 3. The molecule has 172 valence electrons. The van der Waals surface area contributed by atoms with Gasteiger partial charge in [0.15, 0.2) is 0 Å². The summed E-state index contributed by atoms with van der Waals surface area (Å²) in [6.07, 6.45) is 2.12. The number of nitrogens with zero attached hydrogens (tertiary/aromatic N) is 3. The summed E-state index contributed by atoms with van der Waals surface area (Å²) in [6.45, 7) is 3.74. The number of hydrogen-bond donors (Lipinski definition) is 2. The van der Waals surface area contributed by atoms with Gasteiger partial charge in [0.05, 0.1) is 12.2 Å². The maximum absolute atomic E-state index is 12.8. The van der Waals surface area contributed by atoms with E-state index in [1.165, 1.54) is 5.01 Å². The molecule has 0 spiro atoms. The lowest BCUT2D eigenvalue weighted by Crippen LogP contribution is -2.49. The third-order valence-corrected chi connectivity index (χ3v) is 5.89. The Kier molecular flexibility index (Phi) is 7.14. The molecule has 2 aliphatic rings. The van der Waals surface area contributed by atoms with Gasteiger partial charge in [0.1, 0.15) is 5.71 Å². The van der Waals surface area contributed by atoms with Crippen LogP contribution in [0.25, 0.3) is 0 Å². The van der Waals surface area contributed by atoms with Gasteiger partial charge < -0.3 is 10.6 Å². The number of nitrogens with one attached hydrogen (secondary N) is 2. The van der Waals surface area contributed by atoms with Crippen molar-refractivity contribution in [2.24, 2.45) is 5.10 Å². The molecule has 2 aromatic carbocycles. The van der Waals surface area contributed by atoms with Gasteiger partial charge in [-0.1, -0.05) is 30.3 Å². The summed E-state index contributed by atoms with van der Waals surface area (Å²) < 4.78 is 0. The molecule has 33 heavy (non-hydrogen) atoms. The number of para-hydroxylation sites is 1. The van der Waals surface area contributed by atoms with Crippen LogP contribution in [0.3, 0.4) is 0 Å². The molecule has 3 amide bonds. The highest BCUT2D eigenvalue weighted by molar-refractivity contribution is 6.40. The van der Waals surface area contributed by atoms with Gasteiger partial charge in [-0.05, 0) is 49.6 Å². The minimum atomic E-state index is -0.222. The van der Waals surface area contributed by atoms with Gasteiger partial charge in [0, 0.05) is 37.7 Å². The monoisotopic (exact) mass is 447 g/mol. The molecule has 0 radical (unpaired) electrons. The summed E-state index contributed by atoms with van der Waals surface area (Å²) in [6, 6.07) is 17.0. The van der Waals surface area contributed by atoms with Crippen LogP contribution in [0.4, 0.5) is 11.4 Å². The number of hydrogen-bond acceptors (Lipinski definition) is 5. The molecule has 8 heteroatoms. The second-order valence-electron chi connectivity index (χ2n) is 8.53. The molecule has 0 saturated carbocycles. The van der Waals surface area contributed by atoms with Crippen LogP contribution < -0.4 is 15.6 Å². The Bertz CT molecular complexity index is 1050. The first-order chi connectivity index (χ1) is 16.0. The van der Waals surface area contributed by atoms with E-state index >= 15 is 0 Å². The Hall–Kier alpha value is -3.52. The van der Waals surface area contributed by atoms with Crippen molar-refractivity contribution in [3.05, 3.63) is 60.2 Å². The number of anilines is 2. The molecule has 8 nitrogen and oxygen atoms in total. The van der Waals surface area contributed by atoms with Crippen LogP contribution >= 0.6 is 0 Å². The maximum atomic E-state index is 12.8. The molecule has 2 N–H and O–H groups in total. The average Bonchev–Trinajstić information content (AvgIpc) is 2.81. The molecule has 0 aromatic heterocycles. The van der Waals surface area contributed by atoms with E-state index in [-0.39, 0.29) is 30.2 Å². The highest BCUT2D eigenvalue weighted by atomic mass is 16.2. The van der Waals surface area contributed by atoms with Crippen molar-refractivity contribution >= 4 is 34.8 Å². The van der Waals surface area contributed by atoms with Crippen molar-refractivity contribution < 1.29 is 14.4 Å². The lowest BCUT2D eigenvalue weighted by atomic mass is 10.0.